The quantitative estimate of drug-likeness (QED) is 0.380. The van der Waals surface area contributed by atoms with Gasteiger partial charge in [-0.25, -0.2) is 5.43 Å². The number of rotatable bonds is 3. The molecular formula is C18H16Cl2MnN2O6. The zero-order chi connectivity index (χ0) is 21.7. The van der Waals surface area contributed by atoms with Crippen molar-refractivity contribution in [3.63, 3.8) is 0 Å². The Kier molecular flexibility index (Phi) is 15.2. The van der Waals surface area contributed by atoms with E-state index < -0.39 is 11.9 Å². The number of hydrazone groups is 1. The number of aromatic hydroxyl groups is 1. The standard InChI is InChI=1S/C14H10Cl2N2O2.2C2H4O2.Mn/c15-11-6-10(13(19)12(16)7-11)8-17-18-14(20)9-4-2-1-3-5-9;2*1-2(3)4;/h1-8,19H,(H,18,20);2*1H3,(H,3,4);/q;;;+2/p-2/b17-8+;;;. The Morgan fingerprint density at radius 2 is 1.52 bits per heavy atom. The van der Waals surface area contributed by atoms with Crippen LogP contribution in [0, 0.1) is 0 Å². The van der Waals surface area contributed by atoms with Crippen LogP contribution in [0.15, 0.2) is 47.6 Å². The molecule has 0 saturated heterocycles. The fourth-order valence-corrected chi connectivity index (χ4v) is 2.01. The number of carbonyl (C=O) groups is 3. The van der Waals surface area contributed by atoms with Crippen LogP contribution < -0.4 is 15.6 Å². The molecule has 0 spiro atoms. The van der Waals surface area contributed by atoms with E-state index in [2.05, 4.69) is 10.5 Å². The van der Waals surface area contributed by atoms with Gasteiger partial charge in [-0.05, 0) is 38.1 Å². The summed E-state index contributed by atoms with van der Waals surface area (Å²) in [4.78, 5) is 29.5. The van der Waals surface area contributed by atoms with Gasteiger partial charge in [-0.15, -0.1) is 0 Å². The van der Waals surface area contributed by atoms with Crippen molar-refractivity contribution in [2.75, 3.05) is 0 Å². The van der Waals surface area contributed by atoms with E-state index in [-0.39, 0.29) is 33.7 Å². The number of phenolic OH excluding ortho intramolecular Hbond substituents is 1. The second-order valence-corrected chi connectivity index (χ2v) is 5.72. The van der Waals surface area contributed by atoms with Gasteiger partial charge >= 0.3 is 17.1 Å². The van der Waals surface area contributed by atoms with Crippen LogP contribution in [0.2, 0.25) is 10.0 Å². The number of benzene rings is 2. The van der Waals surface area contributed by atoms with Crippen molar-refractivity contribution >= 4 is 47.3 Å². The predicted molar refractivity (Wildman–Crippen MR) is 101 cm³/mol. The molecule has 0 bridgehead atoms. The second-order valence-electron chi connectivity index (χ2n) is 4.87. The van der Waals surface area contributed by atoms with Gasteiger partial charge in [-0.1, -0.05) is 41.4 Å². The van der Waals surface area contributed by atoms with Gasteiger partial charge < -0.3 is 24.9 Å². The van der Waals surface area contributed by atoms with Gasteiger partial charge in [0.2, 0.25) is 0 Å². The average molecular weight is 482 g/mol. The summed E-state index contributed by atoms with van der Waals surface area (Å²) in [5.74, 6) is -2.66. The number of phenols is 1. The molecule has 2 rings (SSSR count). The molecule has 8 nitrogen and oxygen atoms in total. The molecule has 29 heavy (non-hydrogen) atoms. The van der Waals surface area contributed by atoms with Crippen LogP contribution in [-0.4, -0.2) is 29.2 Å². The van der Waals surface area contributed by atoms with E-state index in [4.69, 9.17) is 43.0 Å². The summed E-state index contributed by atoms with van der Waals surface area (Å²) in [6, 6.07) is 11.5. The van der Waals surface area contributed by atoms with Crippen LogP contribution in [0.1, 0.15) is 29.8 Å². The third-order valence-corrected chi connectivity index (χ3v) is 2.97. The molecule has 155 valence electrons. The van der Waals surface area contributed by atoms with Gasteiger partial charge in [0.1, 0.15) is 5.75 Å². The maximum Gasteiger partial charge on any atom is 2.00 e. The van der Waals surface area contributed by atoms with Gasteiger partial charge in [0.15, 0.2) is 0 Å². The minimum atomic E-state index is -1.08. The van der Waals surface area contributed by atoms with E-state index in [1.165, 1.54) is 18.3 Å². The molecule has 0 heterocycles. The van der Waals surface area contributed by atoms with Crippen molar-refractivity contribution in [1.29, 1.82) is 0 Å². The predicted octanol–water partition coefficient (Wildman–Crippen LogP) is 0.973. The first-order valence-electron chi connectivity index (χ1n) is 7.46. The molecule has 2 aromatic carbocycles. The maximum atomic E-state index is 11.7. The number of carboxylic acids is 2. The Balaban J connectivity index is 0. The van der Waals surface area contributed by atoms with Gasteiger partial charge in [0.05, 0.1) is 11.2 Å². The van der Waals surface area contributed by atoms with Gasteiger partial charge in [-0.3, -0.25) is 4.79 Å². The minimum Gasteiger partial charge on any atom is -0.550 e. The molecule has 0 fully saturated rings. The first-order chi connectivity index (χ1) is 13.0. The van der Waals surface area contributed by atoms with Crippen LogP contribution in [0.5, 0.6) is 5.75 Å². The first-order valence-corrected chi connectivity index (χ1v) is 8.21. The Bertz CT molecular complexity index is 828. The van der Waals surface area contributed by atoms with Gasteiger partial charge in [0.25, 0.3) is 5.91 Å². The molecule has 0 atom stereocenters. The van der Waals surface area contributed by atoms with Crippen LogP contribution in [0.3, 0.4) is 0 Å². The molecule has 0 aromatic heterocycles. The fraction of sp³-hybridized carbons (Fsp3) is 0.111. The maximum absolute atomic E-state index is 11.7. The summed E-state index contributed by atoms with van der Waals surface area (Å²) < 4.78 is 0. The van der Waals surface area contributed by atoms with Gasteiger partial charge in [0, 0.05) is 28.1 Å². The van der Waals surface area contributed by atoms with E-state index in [1.807, 2.05) is 6.07 Å². The van der Waals surface area contributed by atoms with Crippen molar-refractivity contribution in [3.05, 3.63) is 63.6 Å². The summed E-state index contributed by atoms with van der Waals surface area (Å²) in [7, 11) is 0. The number of nitrogens with one attached hydrogen (secondary N) is 1. The third kappa shape index (κ3) is 14.1. The van der Waals surface area contributed by atoms with E-state index in [9.17, 15) is 9.90 Å². The van der Waals surface area contributed by atoms with Gasteiger partial charge in [-0.2, -0.15) is 5.10 Å². The van der Waals surface area contributed by atoms with Crippen molar-refractivity contribution in [3.8, 4) is 5.75 Å². The zero-order valence-electron chi connectivity index (χ0n) is 15.2. The average Bonchev–Trinajstić information content (AvgIpc) is 2.58. The Morgan fingerprint density at radius 1 is 1.03 bits per heavy atom. The van der Waals surface area contributed by atoms with E-state index in [0.29, 0.717) is 16.1 Å². The topological polar surface area (TPSA) is 142 Å². The van der Waals surface area contributed by atoms with E-state index in [0.717, 1.165) is 13.8 Å². The molecule has 11 heteroatoms. The number of amides is 1. The number of nitrogens with zero attached hydrogens (tertiary/aromatic N) is 1. The summed E-state index contributed by atoms with van der Waals surface area (Å²) >= 11 is 11.6. The molecule has 1 amide bonds. The molecule has 0 unspecified atom stereocenters. The summed E-state index contributed by atoms with van der Waals surface area (Å²) in [5, 5.41) is 31.7. The Hall–Kier alpha value is -2.58. The van der Waals surface area contributed by atoms with Crippen LogP contribution in [0.25, 0.3) is 0 Å². The zero-order valence-corrected chi connectivity index (χ0v) is 17.9. The van der Waals surface area contributed by atoms with Crippen LogP contribution in [-0.2, 0) is 26.7 Å². The Morgan fingerprint density at radius 3 is 2.00 bits per heavy atom. The number of hydrogen-bond acceptors (Lipinski definition) is 7. The fourth-order valence-electron chi connectivity index (χ4n) is 1.50. The normalized spacial score (nSPS) is 9.10. The SMILES string of the molecule is CC(=O)[O-].CC(=O)[O-].O=C(N/N=C/c1cc(Cl)cc(Cl)c1O)c1ccccc1.[Mn+2]. The molecule has 0 aliphatic carbocycles. The molecule has 2 aromatic rings. The van der Waals surface area contributed by atoms with Crippen molar-refractivity contribution < 1.29 is 46.8 Å². The number of aliphatic carboxylic acids is 2. The Labute approximate surface area is 187 Å². The van der Waals surface area contributed by atoms with Crippen molar-refractivity contribution in [2.24, 2.45) is 5.10 Å². The summed E-state index contributed by atoms with van der Waals surface area (Å²) in [6.07, 6.45) is 1.27. The number of carboxylic acid groups (broad SMARTS) is 2. The van der Waals surface area contributed by atoms with Crippen LogP contribution in [0.4, 0.5) is 0 Å². The smallest absolute Gasteiger partial charge is 0.550 e. The third-order valence-electron chi connectivity index (χ3n) is 2.46. The second kappa shape index (κ2) is 15.4. The largest absolute Gasteiger partial charge is 2.00 e. The minimum absolute atomic E-state index is 0. The molecule has 0 aliphatic rings. The molecular weight excluding hydrogens is 466 g/mol. The number of carbonyl (C=O) groups excluding carboxylic acids is 3. The molecule has 2 N–H and O–H groups in total. The number of hydrogen-bond donors (Lipinski definition) is 2. The molecule has 1 radical (unpaired) electrons. The molecule has 0 saturated carbocycles. The number of halogens is 2. The van der Waals surface area contributed by atoms with E-state index >= 15 is 0 Å². The van der Waals surface area contributed by atoms with Crippen molar-refractivity contribution in [1.82, 2.24) is 5.43 Å². The summed E-state index contributed by atoms with van der Waals surface area (Å²) in [6.45, 7) is 1.94. The summed E-state index contributed by atoms with van der Waals surface area (Å²) in [5.41, 5.74) is 3.15. The molecule has 0 aliphatic heterocycles. The first kappa shape index (κ1) is 28.6. The van der Waals surface area contributed by atoms with Crippen molar-refractivity contribution in [2.45, 2.75) is 13.8 Å². The van der Waals surface area contributed by atoms with E-state index in [1.54, 1.807) is 24.3 Å². The monoisotopic (exact) mass is 481 g/mol. The van der Waals surface area contributed by atoms with Crippen LogP contribution >= 0.6 is 23.2 Å².